The van der Waals surface area contributed by atoms with E-state index < -0.39 is 10.9 Å². The van der Waals surface area contributed by atoms with Gasteiger partial charge in [-0.3, -0.25) is 0 Å². The summed E-state index contributed by atoms with van der Waals surface area (Å²) < 4.78 is 4.63. The fourth-order valence-corrected chi connectivity index (χ4v) is 0.546. The first-order valence-corrected chi connectivity index (χ1v) is 2.70. The van der Waals surface area contributed by atoms with Gasteiger partial charge in [0.15, 0.2) is 13.4 Å². The highest BCUT2D eigenvalue weighted by molar-refractivity contribution is 5.64. The van der Waals surface area contributed by atoms with E-state index in [0.29, 0.717) is 6.67 Å². The molecule has 0 fully saturated rings. The van der Waals surface area contributed by atoms with Crippen LogP contribution in [-0.2, 0) is 4.74 Å². The summed E-state index contributed by atoms with van der Waals surface area (Å²) in [4.78, 5) is 14.6. The average Bonchev–Trinajstić information content (AvgIpc) is 1.88. The minimum Gasteiger partial charge on any atom is -0.409 e. The molecule has 0 saturated carbocycles. The van der Waals surface area contributed by atoms with Crippen LogP contribution < -0.4 is 0 Å². The maximum absolute atomic E-state index is 9.99. The molecule has 6 nitrogen and oxygen atoms in total. The Morgan fingerprint density at radius 2 is 2.60 bits per heavy atom. The number of hydrogen-bond acceptors (Lipinski definition) is 5. The summed E-state index contributed by atoms with van der Waals surface area (Å²) in [6.45, 7) is 0.566. The SMILES string of the molecule is CN1CN=C([N+](=O)[O-])OC1. The van der Waals surface area contributed by atoms with Gasteiger partial charge in [0.05, 0.1) is 0 Å². The summed E-state index contributed by atoms with van der Waals surface area (Å²) in [6, 6.07) is -0.391. The molecular weight excluding hydrogens is 138 g/mol. The second-order valence-corrected chi connectivity index (χ2v) is 1.97. The third-order valence-electron chi connectivity index (χ3n) is 1.02. The first-order valence-electron chi connectivity index (χ1n) is 2.70. The van der Waals surface area contributed by atoms with Gasteiger partial charge in [-0.25, -0.2) is 4.90 Å². The number of rotatable bonds is 0. The Morgan fingerprint density at radius 3 is 3.00 bits per heavy atom. The molecule has 10 heavy (non-hydrogen) atoms. The van der Waals surface area contributed by atoms with E-state index in [-0.39, 0.29) is 6.73 Å². The molecule has 0 aliphatic carbocycles. The van der Waals surface area contributed by atoms with Gasteiger partial charge in [0.2, 0.25) is 0 Å². The number of nitro groups is 1. The normalized spacial score (nSPS) is 19.5. The zero-order chi connectivity index (χ0) is 7.56. The standard InChI is InChI=1S/C4H7N3O3/c1-6-2-5-4(7(8)9)10-3-6/h2-3H2,1H3. The van der Waals surface area contributed by atoms with Gasteiger partial charge in [0.25, 0.3) is 0 Å². The minimum atomic E-state index is -0.632. The molecule has 0 radical (unpaired) electrons. The molecule has 0 aromatic heterocycles. The van der Waals surface area contributed by atoms with Crippen molar-refractivity contribution in [3.8, 4) is 0 Å². The molecule has 1 aliphatic rings. The molecule has 0 atom stereocenters. The zero-order valence-electron chi connectivity index (χ0n) is 5.48. The molecule has 6 heteroatoms. The number of amidine groups is 1. The number of nitrogens with zero attached hydrogens (tertiary/aromatic N) is 3. The van der Waals surface area contributed by atoms with Gasteiger partial charge in [-0.1, -0.05) is 0 Å². The largest absolute Gasteiger partial charge is 0.537 e. The molecular formula is C4H7N3O3. The van der Waals surface area contributed by atoms with E-state index in [1.165, 1.54) is 0 Å². The molecule has 1 heterocycles. The van der Waals surface area contributed by atoms with E-state index in [0.717, 1.165) is 0 Å². The Kier molecular flexibility index (Phi) is 1.81. The Labute approximate surface area is 57.2 Å². The van der Waals surface area contributed by atoms with Crippen molar-refractivity contribution in [1.82, 2.24) is 4.90 Å². The summed E-state index contributed by atoms with van der Waals surface area (Å²) in [5.41, 5.74) is 0. The molecule has 56 valence electrons. The fourth-order valence-electron chi connectivity index (χ4n) is 0.546. The van der Waals surface area contributed by atoms with Crippen LogP contribution in [0.3, 0.4) is 0 Å². The van der Waals surface area contributed by atoms with E-state index in [1.807, 2.05) is 0 Å². The van der Waals surface area contributed by atoms with Crippen LogP contribution in [0.25, 0.3) is 0 Å². The Hall–Kier alpha value is -1.17. The van der Waals surface area contributed by atoms with E-state index in [1.54, 1.807) is 11.9 Å². The molecule has 0 aromatic carbocycles. The average molecular weight is 145 g/mol. The topological polar surface area (TPSA) is 68.0 Å². The lowest BCUT2D eigenvalue weighted by atomic mass is 10.8. The lowest BCUT2D eigenvalue weighted by molar-refractivity contribution is -0.378. The van der Waals surface area contributed by atoms with E-state index in [4.69, 9.17) is 0 Å². The lowest BCUT2D eigenvalue weighted by Gasteiger charge is -2.14. The van der Waals surface area contributed by atoms with Crippen molar-refractivity contribution in [2.45, 2.75) is 0 Å². The highest BCUT2D eigenvalue weighted by Gasteiger charge is 2.20. The molecule has 0 N–H and O–H groups in total. The van der Waals surface area contributed by atoms with Gasteiger partial charge >= 0.3 is 6.02 Å². The second kappa shape index (κ2) is 2.61. The number of aliphatic imine (C=N–C) groups is 1. The van der Waals surface area contributed by atoms with E-state index in [9.17, 15) is 10.1 Å². The molecule has 0 spiro atoms. The van der Waals surface area contributed by atoms with Crippen molar-refractivity contribution in [2.75, 3.05) is 20.4 Å². The summed E-state index contributed by atoms with van der Waals surface area (Å²) >= 11 is 0. The Morgan fingerprint density at radius 1 is 1.90 bits per heavy atom. The van der Waals surface area contributed by atoms with Crippen molar-refractivity contribution in [3.63, 3.8) is 0 Å². The van der Waals surface area contributed by atoms with Gasteiger partial charge < -0.3 is 14.9 Å². The summed E-state index contributed by atoms with van der Waals surface area (Å²) in [6.07, 6.45) is 0. The van der Waals surface area contributed by atoms with Crippen LogP contribution >= 0.6 is 0 Å². The maximum atomic E-state index is 9.99. The maximum Gasteiger partial charge on any atom is 0.537 e. The van der Waals surface area contributed by atoms with E-state index in [2.05, 4.69) is 9.73 Å². The van der Waals surface area contributed by atoms with Crippen LogP contribution in [0.5, 0.6) is 0 Å². The van der Waals surface area contributed by atoms with Crippen molar-refractivity contribution in [3.05, 3.63) is 10.1 Å². The third-order valence-corrected chi connectivity index (χ3v) is 1.02. The monoisotopic (exact) mass is 145 g/mol. The number of ether oxygens (including phenoxy) is 1. The predicted octanol–water partition coefficient (Wildman–Crippen LogP) is -0.504. The van der Waals surface area contributed by atoms with Gasteiger partial charge in [0.1, 0.15) is 0 Å². The van der Waals surface area contributed by atoms with Gasteiger partial charge in [-0.15, -0.1) is 0 Å². The summed E-state index contributed by atoms with van der Waals surface area (Å²) in [7, 11) is 1.76. The highest BCUT2D eigenvalue weighted by atomic mass is 16.7. The third kappa shape index (κ3) is 1.41. The lowest BCUT2D eigenvalue weighted by Crippen LogP contribution is -2.33. The van der Waals surface area contributed by atoms with Crippen LogP contribution in [0, 0.1) is 10.1 Å². The fraction of sp³-hybridized carbons (Fsp3) is 0.750. The first-order chi connectivity index (χ1) is 4.70. The van der Waals surface area contributed by atoms with Crippen LogP contribution in [0.15, 0.2) is 4.99 Å². The van der Waals surface area contributed by atoms with Gasteiger partial charge in [0, 0.05) is 4.92 Å². The Balaban J connectivity index is 2.56. The molecule has 0 aromatic rings. The van der Waals surface area contributed by atoms with Crippen LogP contribution in [0.2, 0.25) is 0 Å². The van der Waals surface area contributed by atoms with Gasteiger partial charge in [-0.05, 0) is 12.0 Å². The highest BCUT2D eigenvalue weighted by Crippen LogP contribution is 1.95. The first kappa shape index (κ1) is 6.94. The molecule has 0 unspecified atom stereocenters. The molecule has 0 saturated heterocycles. The summed E-state index contributed by atoms with van der Waals surface area (Å²) in [5, 5.41) is 9.99. The van der Waals surface area contributed by atoms with Crippen LogP contribution in [0.4, 0.5) is 0 Å². The molecule has 1 aliphatic heterocycles. The molecule has 0 bridgehead atoms. The minimum absolute atomic E-state index is 0.236. The second-order valence-electron chi connectivity index (χ2n) is 1.97. The number of hydrogen-bond donors (Lipinski definition) is 0. The predicted molar refractivity (Wildman–Crippen MR) is 33.0 cm³/mol. The molecule has 0 amide bonds. The smallest absolute Gasteiger partial charge is 0.409 e. The van der Waals surface area contributed by atoms with Crippen molar-refractivity contribution < 1.29 is 9.66 Å². The van der Waals surface area contributed by atoms with Crippen molar-refractivity contribution in [2.24, 2.45) is 4.99 Å². The van der Waals surface area contributed by atoms with Crippen LogP contribution in [-0.4, -0.2) is 36.3 Å². The quantitative estimate of drug-likeness (QED) is 0.340. The molecule has 1 rings (SSSR count). The Bertz CT molecular complexity index is 179. The van der Waals surface area contributed by atoms with Gasteiger partial charge in [-0.2, -0.15) is 0 Å². The zero-order valence-corrected chi connectivity index (χ0v) is 5.48. The van der Waals surface area contributed by atoms with Crippen molar-refractivity contribution in [1.29, 1.82) is 0 Å². The van der Waals surface area contributed by atoms with E-state index >= 15 is 0 Å². The summed E-state index contributed by atoms with van der Waals surface area (Å²) in [5.74, 6) is 0. The van der Waals surface area contributed by atoms with Crippen molar-refractivity contribution >= 4 is 6.02 Å². The van der Waals surface area contributed by atoms with Crippen LogP contribution in [0.1, 0.15) is 0 Å².